The number of carbonyl (C=O) groups excluding carboxylic acids is 2. The third-order valence-electron chi connectivity index (χ3n) is 5.40. The average Bonchev–Trinajstić information content (AvgIpc) is 3.45. The fraction of sp³-hybridized carbons (Fsp3) is 0.292. The van der Waals surface area contributed by atoms with Crippen LogP contribution in [0.25, 0.3) is 0 Å². The molecule has 2 amide bonds. The minimum absolute atomic E-state index is 0.0957. The summed E-state index contributed by atoms with van der Waals surface area (Å²) in [7, 11) is 0. The fourth-order valence-electron chi connectivity index (χ4n) is 3.58. The molecule has 1 saturated heterocycles. The topological polar surface area (TPSA) is 72.7 Å². The van der Waals surface area contributed by atoms with Gasteiger partial charge in [0, 0.05) is 35.4 Å². The highest BCUT2D eigenvalue weighted by molar-refractivity contribution is 7.07. The Labute approximate surface area is 205 Å². The molecule has 1 aliphatic heterocycles. The first-order valence-corrected chi connectivity index (χ1v) is 12.2. The molecule has 1 unspecified atom stereocenters. The summed E-state index contributed by atoms with van der Waals surface area (Å²) in [4.78, 5) is 30.1. The number of hydrogen-bond acceptors (Lipinski definition) is 4. The minimum atomic E-state index is -0.397. The molecular weight excluding hydrogens is 481 g/mol. The lowest BCUT2D eigenvalue weighted by molar-refractivity contribution is 0.0857. The first kappa shape index (κ1) is 23.7. The molecule has 1 aromatic heterocycles. The highest BCUT2D eigenvalue weighted by atomic mass is 35.5. The highest BCUT2D eigenvalue weighted by Gasteiger charge is 2.17. The number of nitrogens with one attached hydrogen (secondary N) is 1. The number of aryl methyl sites for hydroxylation is 1. The molecule has 4 rings (SSSR count). The summed E-state index contributed by atoms with van der Waals surface area (Å²) < 4.78 is 7.51. The second-order valence-electron chi connectivity index (χ2n) is 7.84. The number of hydrogen-bond donors (Lipinski definition) is 1. The zero-order valence-electron chi connectivity index (χ0n) is 18.0. The van der Waals surface area contributed by atoms with E-state index >= 15 is 0 Å². The van der Waals surface area contributed by atoms with E-state index < -0.39 is 5.91 Å². The van der Waals surface area contributed by atoms with E-state index in [9.17, 15) is 9.59 Å². The van der Waals surface area contributed by atoms with Crippen LogP contribution in [0.5, 0.6) is 0 Å². The van der Waals surface area contributed by atoms with Crippen molar-refractivity contribution in [3.05, 3.63) is 85.1 Å². The zero-order chi connectivity index (χ0) is 23.4. The molecule has 1 aliphatic rings. The Kier molecular flexibility index (Phi) is 7.65. The number of nitrogens with zero attached hydrogens (tertiary/aromatic N) is 2. The Morgan fingerprint density at radius 1 is 1.18 bits per heavy atom. The van der Waals surface area contributed by atoms with Crippen LogP contribution in [0.1, 0.15) is 44.8 Å². The van der Waals surface area contributed by atoms with Crippen LogP contribution in [0, 0.1) is 6.92 Å². The van der Waals surface area contributed by atoms with Gasteiger partial charge in [0.2, 0.25) is 0 Å². The smallest absolute Gasteiger partial charge is 0.279 e. The third kappa shape index (κ3) is 5.92. The maximum atomic E-state index is 12.7. The van der Waals surface area contributed by atoms with Gasteiger partial charge in [0.05, 0.1) is 22.7 Å². The van der Waals surface area contributed by atoms with Gasteiger partial charge in [0.25, 0.3) is 11.8 Å². The number of aromatic nitrogens is 1. The fourth-order valence-corrected chi connectivity index (χ4v) is 4.76. The Morgan fingerprint density at radius 3 is 2.79 bits per heavy atom. The number of amides is 2. The molecule has 1 N–H and O–H groups in total. The van der Waals surface area contributed by atoms with Crippen molar-refractivity contribution < 1.29 is 14.3 Å². The van der Waals surface area contributed by atoms with Gasteiger partial charge in [-0.1, -0.05) is 35.3 Å². The Morgan fingerprint density at radius 2 is 2.03 bits per heavy atom. The van der Waals surface area contributed by atoms with Crippen molar-refractivity contribution in [1.82, 2.24) is 9.88 Å². The lowest BCUT2D eigenvalue weighted by Crippen LogP contribution is -2.31. The van der Waals surface area contributed by atoms with Crippen molar-refractivity contribution in [2.45, 2.75) is 32.4 Å². The molecule has 33 heavy (non-hydrogen) atoms. The first-order chi connectivity index (χ1) is 15.9. The van der Waals surface area contributed by atoms with Crippen molar-refractivity contribution in [3.63, 3.8) is 0 Å². The largest absolute Gasteiger partial charge is 0.376 e. The summed E-state index contributed by atoms with van der Waals surface area (Å²) in [6.07, 6.45) is 2.11. The van der Waals surface area contributed by atoms with Gasteiger partial charge >= 0.3 is 0 Å². The van der Waals surface area contributed by atoms with Crippen LogP contribution < -0.4 is 10.1 Å². The number of thiazole rings is 1. The van der Waals surface area contributed by atoms with E-state index in [0.29, 0.717) is 39.1 Å². The van der Waals surface area contributed by atoms with Gasteiger partial charge < -0.3 is 14.6 Å². The first-order valence-electron chi connectivity index (χ1n) is 10.6. The SMILES string of the molecule is Cc1csc(=NC(=O)c2ccc(Cl)c(Cl)c2)n1Cc1cccc(C(=O)NCC2CCCO2)c1. The molecule has 0 saturated carbocycles. The number of carbonyl (C=O) groups is 2. The van der Waals surface area contributed by atoms with Crippen molar-refractivity contribution in [2.75, 3.05) is 13.2 Å². The zero-order valence-corrected chi connectivity index (χ0v) is 20.3. The van der Waals surface area contributed by atoms with Gasteiger partial charge in [0.1, 0.15) is 0 Å². The monoisotopic (exact) mass is 503 g/mol. The number of ether oxygens (including phenoxy) is 1. The Hall–Kier alpha value is -2.45. The number of halogens is 2. The van der Waals surface area contributed by atoms with Gasteiger partial charge in [0.15, 0.2) is 4.80 Å². The summed E-state index contributed by atoms with van der Waals surface area (Å²) in [6, 6.07) is 12.2. The van der Waals surface area contributed by atoms with Crippen molar-refractivity contribution in [1.29, 1.82) is 0 Å². The molecule has 2 aromatic carbocycles. The summed E-state index contributed by atoms with van der Waals surface area (Å²) in [5, 5.41) is 5.59. The average molecular weight is 504 g/mol. The van der Waals surface area contributed by atoms with Crippen LogP contribution in [-0.2, 0) is 11.3 Å². The Bertz CT molecular complexity index is 1250. The molecule has 172 valence electrons. The van der Waals surface area contributed by atoms with Crippen LogP contribution >= 0.6 is 34.5 Å². The molecule has 1 atom stereocenters. The molecule has 9 heteroatoms. The maximum absolute atomic E-state index is 12.7. The Balaban J connectivity index is 1.51. The lowest BCUT2D eigenvalue weighted by atomic mass is 10.1. The van der Waals surface area contributed by atoms with Crippen LogP contribution in [0.15, 0.2) is 52.8 Å². The molecule has 0 bridgehead atoms. The van der Waals surface area contributed by atoms with E-state index in [0.717, 1.165) is 30.7 Å². The van der Waals surface area contributed by atoms with E-state index in [-0.39, 0.29) is 12.0 Å². The molecule has 0 radical (unpaired) electrons. The second kappa shape index (κ2) is 10.7. The van der Waals surface area contributed by atoms with E-state index in [4.69, 9.17) is 27.9 Å². The predicted molar refractivity (Wildman–Crippen MR) is 130 cm³/mol. The van der Waals surface area contributed by atoms with Crippen molar-refractivity contribution >= 4 is 46.4 Å². The molecule has 0 aliphatic carbocycles. The molecule has 0 spiro atoms. The molecular formula is C24H23Cl2N3O3S. The summed E-state index contributed by atoms with van der Waals surface area (Å²) in [5.41, 5.74) is 2.86. The maximum Gasteiger partial charge on any atom is 0.279 e. The highest BCUT2D eigenvalue weighted by Crippen LogP contribution is 2.23. The third-order valence-corrected chi connectivity index (χ3v) is 7.12. The number of rotatable bonds is 6. The second-order valence-corrected chi connectivity index (χ2v) is 9.49. The van der Waals surface area contributed by atoms with Gasteiger partial charge in [-0.3, -0.25) is 9.59 Å². The quantitative estimate of drug-likeness (QED) is 0.521. The van der Waals surface area contributed by atoms with E-state index in [1.165, 1.54) is 17.4 Å². The van der Waals surface area contributed by atoms with Crippen molar-refractivity contribution in [2.24, 2.45) is 4.99 Å². The summed E-state index contributed by atoms with van der Waals surface area (Å²) >= 11 is 13.4. The lowest BCUT2D eigenvalue weighted by Gasteiger charge is -2.12. The van der Waals surface area contributed by atoms with Gasteiger partial charge in [-0.05, 0) is 55.7 Å². The normalized spacial score (nSPS) is 16.2. The van der Waals surface area contributed by atoms with Gasteiger partial charge in [-0.2, -0.15) is 4.99 Å². The standard InChI is InChI=1S/C24H23Cl2N3O3S/c1-15-14-33-24(28-23(31)18-7-8-20(25)21(26)11-18)29(15)13-16-4-2-5-17(10-16)22(30)27-12-19-6-3-9-32-19/h2,4-5,7-8,10-11,14,19H,3,6,9,12-13H2,1H3,(H,27,30). The van der Waals surface area contributed by atoms with Crippen LogP contribution in [0.4, 0.5) is 0 Å². The molecule has 1 fully saturated rings. The summed E-state index contributed by atoms with van der Waals surface area (Å²) in [6.45, 7) is 3.71. The number of benzene rings is 2. The van der Waals surface area contributed by atoms with Crippen molar-refractivity contribution in [3.8, 4) is 0 Å². The van der Waals surface area contributed by atoms with Crippen LogP contribution in [0.3, 0.4) is 0 Å². The van der Waals surface area contributed by atoms with Gasteiger partial charge in [-0.25, -0.2) is 0 Å². The van der Waals surface area contributed by atoms with E-state index in [2.05, 4.69) is 10.3 Å². The van der Waals surface area contributed by atoms with Gasteiger partial charge in [-0.15, -0.1) is 11.3 Å². The van der Waals surface area contributed by atoms with E-state index in [1.54, 1.807) is 18.2 Å². The molecule has 2 heterocycles. The van der Waals surface area contributed by atoms with E-state index in [1.807, 2.05) is 35.1 Å². The predicted octanol–water partition coefficient (Wildman–Crippen LogP) is 4.86. The minimum Gasteiger partial charge on any atom is -0.376 e. The molecule has 3 aromatic rings. The van der Waals surface area contributed by atoms with Crippen LogP contribution in [-0.4, -0.2) is 35.6 Å². The van der Waals surface area contributed by atoms with Crippen LogP contribution in [0.2, 0.25) is 10.0 Å². The summed E-state index contributed by atoms with van der Waals surface area (Å²) in [5.74, 6) is -0.523. The molecule has 6 nitrogen and oxygen atoms in total.